The molecule has 4 aromatic carbocycles. The maximum Gasteiger partial charge on any atom is 0.143 e. The van der Waals surface area contributed by atoms with Crippen LogP contribution in [-0.2, 0) is 0 Å². The molecule has 0 unspecified atom stereocenters. The molecule has 6 N–H and O–H groups in total. The van der Waals surface area contributed by atoms with Crippen molar-refractivity contribution in [3.05, 3.63) is 96.1 Å². The number of rotatable bonds is 4. The summed E-state index contributed by atoms with van der Waals surface area (Å²) in [7, 11) is 0. The Kier molecular flexibility index (Phi) is 5.73. The summed E-state index contributed by atoms with van der Waals surface area (Å²) in [6.07, 6.45) is 0. The summed E-state index contributed by atoms with van der Waals surface area (Å²) in [4.78, 5) is 0. The first-order valence-corrected chi connectivity index (χ1v) is 9.72. The minimum absolute atomic E-state index is 0.0605. The number of hydrogen-bond donors (Lipinski definition) is 4. The van der Waals surface area contributed by atoms with Gasteiger partial charge in [-0.15, -0.1) is 0 Å². The largest absolute Gasteiger partial charge is 0.506 e. The first-order chi connectivity index (χ1) is 15.5. The Balaban J connectivity index is 1.69. The van der Waals surface area contributed by atoms with Gasteiger partial charge in [0.05, 0.1) is 16.9 Å². The van der Waals surface area contributed by atoms with E-state index in [2.05, 4.69) is 11.8 Å². The van der Waals surface area contributed by atoms with Crippen molar-refractivity contribution in [1.82, 2.24) is 0 Å². The number of phenolic OH excluding ortho intramolecular Hbond substituents is 2. The van der Waals surface area contributed by atoms with Crippen LogP contribution < -0.4 is 20.9 Å². The lowest BCUT2D eigenvalue weighted by Gasteiger charge is -2.12. The zero-order chi connectivity index (χ0) is 22.5. The minimum Gasteiger partial charge on any atom is -0.506 e. The molecule has 6 heteroatoms. The summed E-state index contributed by atoms with van der Waals surface area (Å²) >= 11 is 0. The fourth-order valence-electron chi connectivity index (χ4n) is 2.86. The predicted octanol–water partition coefficient (Wildman–Crippen LogP) is 5.25. The first-order valence-electron chi connectivity index (χ1n) is 9.72. The van der Waals surface area contributed by atoms with Crippen LogP contribution in [0.15, 0.2) is 84.9 Å². The molecule has 32 heavy (non-hydrogen) atoms. The number of hydrogen-bond acceptors (Lipinski definition) is 6. The van der Waals surface area contributed by atoms with E-state index in [0.29, 0.717) is 28.6 Å². The highest BCUT2D eigenvalue weighted by Crippen LogP contribution is 2.34. The van der Waals surface area contributed by atoms with Gasteiger partial charge in [0.2, 0.25) is 0 Å². The van der Waals surface area contributed by atoms with Gasteiger partial charge in [0.1, 0.15) is 34.5 Å². The third-order valence-corrected chi connectivity index (χ3v) is 4.53. The van der Waals surface area contributed by atoms with Crippen LogP contribution in [0.25, 0.3) is 0 Å². The lowest BCUT2D eigenvalue weighted by atomic mass is 10.1. The maximum atomic E-state index is 9.87. The minimum atomic E-state index is -0.0671. The Labute approximate surface area is 185 Å². The molecule has 0 saturated heterocycles. The topological polar surface area (TPSA) is 111 Å². The molecule has 0 atom stereocenters. The van der Waals surface area contributed by atoms with Gasteiger partial charge in [0.15, 0.2) is 0 Å². The summed E-state index contributed by atoms with van der Waals surface area (Å²) in [5, 5.41) is 19.7. The molecular formula is C26H20N2O4. The standard InChI is InChI=1S/C26H20N2O4/c27-22-11-8-20(15-24(22)29)31-19-10-13-26(32-21-9-12-23(28)25(30)16-21)18(14-19)7-6-17-4-2-1-3-5-17/h1-5,8-16,29-30H,27-28H2. The van der Waals surface area contributed by atoms with Gasteiger partial charge in [-0.25, -0.2) is 0 Å². The van der Waals surface area contributed by atoms with E-state index >= 15 is 0 Å². The fourth-order valence-corrected chi connectivity index (χ4v) is 2.86. The van der Waals surface area contributed by atoms with E-state index in [0.717, 1.165) is 5.56 Å². The Morgan fingerprint density at radius 3 is 1.78 bits per heavy atom. The summed E-state index contributed by atoms with van der Waals surface area (Å²) in [6.45, 7) is 0. The lowest BCUT2D eigenvalue weighted by molar-refractivity contribution is 0.449. The van der Waals surface area contributed by atoms with Gasteiger partial charge in [-0.1, -0.05) is 30.0 Å². The normalized spacial score (nSPS) is 10.1. The van der Waals surface area contributed by atoms with Crippen molar-refractivity contribution < 1.29 is 19.7 Å². The van der Waals surface area contributed by atoms with Crippen LogP contribution >= 0.6 is 0 Å². The molecule has 4 rings (SSSR count). The molecule has 0 heterocycles. The van der Waals surface area contributed by atoms with Crippen LogP contribution in [0.5, 0.6) is 34.5 Å². The molecule has 0 saturated carbocycles. The number of benzene rings is 4. The van der Waals surface area contributed by atoms with Gasteiger partial charge in [-0.3, -0.25) is 0 Å². The molecule has 0 aliphatic rings. The van der Waals surface area contributed by atoms with Gasteiger partial charge in [0.25, 0.3) is 0 Å². The van der Waals surface area contributed by atoms with E-state index in [4.69, 9.17) is 20.9 Å². The van der Waals surface area contributed by atoms with E-state index in [1.165, 1.54) is 12.1 Å². The molecule has 0 aliphatic carbocycles. The average molecular weight is 424 g/mol. The van der Waals surface area contributed by atoms with Crippen molar-refractivity contribution in [2.75, 3.05) is 11.5 Å². The number of phenols is 2. The summed E-state index contributed by atoms with van der Waals surface area (Å²) in [5.74, 6) is 7.90. The van der Waals surface area contributed by atoms with Crippen LogP contribution in [-0.4, -0.2) is 10.2 Å². The number of nitrogens with two attached hydrogens (primary N) is 2. The molecule has 4 aromatic rings. The second-order valence-corrected chi connectivity index (χ2v) is 6.92. The third kappa shape index (κ3) is 4.86. The first kappa shape index (κ1) is 20.5. The van der Waals surface area contributed by atoms with E-state index in [-0.39, 0.29) is 22.9 Å². The zero-order valence-electron chi connectivity index (χ0n) is 16.9. The average Bonchev–Trinajstić information content (AvgIpc) is 2.79. The third-order valence-electron chi connectivity index (χ3n) is 4.53. The number of nitrogen functional groups attached to an aromatic ring is 2. The second kappa shape index (κ2) is 8.94. The van der Waals surface area contributed by atoms with Crippen LogP contribution in [0.3, 0.4) is 0 Å². The van der Waals surface area contributed by atoms with E-state index < -0.39 is 0 Å². The van der Waals surface area contributed by atoms with Crippen LogP contribution in [0, 0.1) is 11.8 Å². The quantitative estimate of drug-likeness (QED) is 0.202. The molecule has 0 bridgehead atoms. The zero-order valence-corrected chi connectivity index (χ0v) is 16.9. The van der Waals surface area contributed by atoms with Crippen molar-refractivity contribution in [1.29, 1.82) is 0 Å². The molecule has 0 spiro atoms. The summed E-state index contributed by atoms with van der Waals surface area (Å²) in [6, 6.07) is 24.0. The molecular weight excluding hydrogens is 404 g/mol. The lowest BCUT2D eigenvalue weighted by Crippen LogP contribution is -1.92. The van der Waals surface area contributed by atoms with Gasteiger partial charge >= 0.3 is 0 Å². The maximum absolute atomic E-state index is 9.87. The Morgan fingerprint density at radius 1 is 0.594 bits per heavy atom. The van der Waals surface area contributed by atoms with Gasteiger partial charge in [0, 0.05) is 23.8 Å². The van der Waals surface area contributed by atoms with Crippen molar-refractivity contribution in [3.63, 3.8) is 0 Å². The van der Waals surface area contributed by atoms with Crippen molar-refractivity contribution >= 4 is 11.4 Å². The summed E-state index contributed by atoms with van der Waals surface area (Å²) in [5.41, 5.74) is 13.3. The van der Waals surface area contributed by atoms with E-state index in [1.54, 1.807) is 42.5 Å². The molecule has 0 radical (unpaired) electrons. The molecule has 158 valence electrons. The van der Waals surface area contributed by atoms with E-state index in [1.807, 2.05) is 30.3 Å². The fraction of sp³-hybridized carbons (Fsp3) is 0. The van der Waals surface area contributed by atoms with Crippen LogP contribution in [0.4, 0.5) is 11.4 Å². The number of anilines is 2. The highest BCUT2D eigenvalue weighted by molar-refractivity contribution is 5.58. The highest BCUT2D eigenvalue weighted by Gasteiger charge is 2.09. The van der Waals surface area contributed by atoms with Crippen LogP contribution in [0.1, 0.15) is 11.1 Å². The Morgan fingerprint density at radius 2 is 1.16 bits per heavy atom. The monoisotopic (exact) mass is 424 g/mol. The van der Waals surface area contributed by atoms with Crippen molar-refractivity contribution in [2.45, 2.75) is 0 Å². The molecule has 0 aliphatic heterocycles. The van der Waals surface area contributed by atoms with Crippen LogP contribution in [0.2, 0.25) is 0 Å². The second-order valence-electron chi connectivity index (χ2n) is 6.92. The molecule has 0 amide bonds. The highest BCUT2D eigenvalue weighted by atomic mass is 16.5. The molecule has 0 fully saturated rings. The Hall–Kier alpha value is -4.76. The smallest absolute Gasteiger partial charge is 0.143 e. The molecule has 0 aromatic heterocycles. The van der Waals surface area contributed by atoms with Crippen molar-refractivity contribution in [2.24, 2.45) is 0 Å². The number of ether oxygens (including phenoxy) is 2. The van der Waals surface area contributed by atoms with E-state index in [9.17, 15) is 10.2 Å². The molecule has 6 nitrogen and oxygen atoms in total. The SMILES string of the molecule is Nc1ccc(Oc2ccc(Oc3ccc(N)c(O)c3)c(C#Cc3ccccc3)c2)cc1O. The van der Waals surface area contributed by atoms with Gasteiger partial charge < -0.3 is 31.2 Å². The number of aromatic hydroxyl groups is 2. The summed E-state index contributed by atoms with van der Waals surface area (Å²) < 4.78 is 11.8. The van der Waals surface area contributed by atoms with Crippen molar-refractivity contribution in [3.8, 4) is 46.3 Å². The van der Waals surface area contributed by atoms with Gasteiger partial charge in [-0.2, -0.15) is 0 Å². The Bertz CT molecular complexity index is 1320. The predicted molar refractivity (Wildman–Crippen MR) is 124 cm³/mol. The van der Waals surface area contributed by atoms with Gasteiger partial charge in [-0.05, 0) is 48.5 Å².